The van der Waals surface area contributed by atoms with Gasteiger partial charge < -0.3 is 4.74 Å². The lowest BCUT2D eigenvalue weighted by Gasteiger charge is -2.40. The summed E-state index contributed by atoms with van der Waals surface area (Å²) >= 11 is 0. The molecule has 2 aliphatic heterocycles. The summed E-state index contributed by atoms with van der Waals surface area (Å²) in [6, 6.07) is 0.592. The highest BCUT2D eigenvalue weighted by Crippen LogP contribution is 2.17. The number of hydrogen-bond acceptors (Lipinski definition) is 4. The van der Waals surface area contributed by atoms with Gasteiger partial charge in [-0.05, 0) is 19.3 Å². The number of hydrogen-bond donors (Lipinski definition) is 0. The summed E-state index contributed by atoms with van der Waals surface area (Å²) in [5.74, 6) is 0.282. The molecule has 0 bridgehead atoms. The van der Waals surface area contributed by atoms with Crippen molar-refractivity contribution in [2.75, 3.05) is 45.1 Å². The van der Waals surface area contributed by atoms with Gasteiger partial charge in [0.15, 0.2) is 0 Å². The van der Waals surface area contributed by atoms with E-state index in [0.29, 0.717) is 25.6 Å². The number of piperazine rings is 1. The highest BCUT2D eigenvalue weighted by molar-refractivity contribution is 7.89. The molecule has 0 spiro atoms. The van der Waals surface area contributed by atoms with E-state index in [1.165, 1.54) is 0 Å². The van der Waals surface area contributed by atoms with Crippen LogP contribution in [0.15, 0.2) is 0 Å². The number of rotatable bonds is 4. The minimum Gasteiger partial charge on any atom is -0.381 e. The lowest BCUT2D eigenvalue weighted by Crippen LogP contribution is -2.53. The van der Waals surface area contributed by atoms with Gasteiger partial charge in [-0.3, -0.25) is 4.90 Å². The van der Waals surface area contributed by atoms with Gasteiger partial charge in [0, 0.05) is 45.4 Å². The van der Waals surface area contributed by atoms with Gasteiger partial charge in [0.1, 0.15) is 0 Å². The Morgan fingerprint density at radius 2 is 1.72 bits per heavy atom. The molecular weight excluding hydrogens is 252 g/mol. The van der Waals surface area contributed by atoms with Crippen molar-refractivity contribution < 1.29 is 13.2 Å². The van der Waals surface area contributed by atoms with Crippen molar-refractivity contribution in [3.8, 4) is 0 Å². The standard InChI is InChI=1S/C12H24N2O3S/c1-2-11-18(15,16)14-7-5-13(6-8-14)12-3-9-17-10-4-12/h12H,2-11H2,1H3. The first-order chi connectivity index (χ1) is 8.63. The second-order valence-corrected chi connectivity index (χ2v) is 7.18. The summed E-state index contributed by atoms with van der Waals surface area (Å²) in [5.41, 5.74) is 0. The van der Waals surface area contributed by atoms with Crippen LogP contribution in [0.1, 0.15) is 26.2 Å². The van der Waals surface area contributed by atoms with Crippen LogP contribution in [-0.2, 0) is 14.8 Å². The number of sulfonamides is 1. The zero-order valence-electron chi connectivity index (χ0n) is 11.2. The van der Waals surface area contributed by atoms with Crippen LogP contribution >= 0.6 is 0 Å². The predicted octanol–water partition coefficient (Wildman–Crippen LogP) is 0.523. The third-order valence-electron chi connectivity index (χ3n) is 3.84. The SMILES string of the molecule is CCCS(=O)(=O)N1CCN(C2CCOCC2)CC1. The molecular formula is C12H24N2O3S. The Morgan fingerprint density at radius 1 is 1.11 bits per heavy atom. The van der Waals surface area contributed by atoms with Gasteiger partial charge in [0.2, 0.25) is 10.0 Å². The Morgan fingerprint density at radius 3 is 2.28 bits per heavy atom. The van der Waals surface area contributed by atoms with Crippen molar-refractivity contribution in [3.05, 3.63) is 0 Å². The highest BCUT2D eigenvalue weighted by Gasteiger charge is 2.29. The Labute approximate surface area is 110 Å². The average Bonchev–Trinajstić information content (AvgIpc) is 2.40. The fourth-order valence-electron chi connectivity index (χ4n) is 2.78. The fraction of sp³-hybridized carbons (Fsp3) is 1.00. The van der Waals surface area contributed by atoms with Crippen LogP contribution in [0.4, 0.5) is 0 Å². The second-order valence-electron chi connectivity index (χ2n) is 5.09. The molecule has 2 saturated heterocycles. The largest absolute Gasteiger partial charge is 0.381 e. The fourth-order valence-corrected chi connectivity index (χ4v) is 4.28. The first-order valence-electron chi connectivity index (χ1n) is 6.93. The summed E-state index contributed by atoms with van der Waals surface area (Å²) in [7, 11) is -3.01. The van der Waals surface area contributed by atoms with E-state index in [1.54, 1.807) is 4.31 Å². The van der Waals surface area contributed by atoms with Crippen LogP contribution in [0.2, 0.25) is 0 Å². The molecule has 2 fully saturated rings. The summed E-state index contributed by atoms with van der Waals surface area (Å²) in [6.07, 6.45) is 2.87. The Balaban J connectivity index is 1.84. The zero-order valence-corrected chi connectivity index (χ0v) is 12.0. The van der Waals surface area contributed by atoms with E-state index in [-0.39, 0.29) is 5.75 Å². The number of nitrogens with zero attached hydrogens (tertiary/aromatic N) is 2. The third kappa shape index (κ3) is 3.44. The van der Waals surface area contributed by atoms with E-state index in [4.69, 9.17) is 4.74 Å². The minimum atomic E-state index is -3.01. The smallest absolute Gasteiger partial charge is 0.214 e. The summed E-state index contributed by atoms with van der Waals surface area (Å²) in [5, 5.41) is 0. The minimum absolute atomic E-state index is 0.282. The molecule has 0 aromatic rings. The molecule has 0 aromatic carbocycles. The summed E-state index contributed by atoms with van der Waals surface area (Å²) < 4.78 is 30.9. The lowest BCUT2D eigenvalue weighted by atomic mass is 10.1. The van der Waals surface area contributed by atoms with E-state index in [0.717, 1.165) is 39.1 Å². The van der Waals surface area contributed by atoms with E-state index in [9.17, 15) is 8.42 Å². The second kappa shape index (κ2) is 6.32. The van der Waals surface area contributed by atoms with Gasteiger partial charge in [0.05, 0.1) is 5.75 Å². The lowest BCUT2D eigenvalue weighted by molar-refractivity contribution is 0.0229. The van der Waals surface area contributed by atoms with Crippen LogP contribution in [0.25, 0.3) is 0 Å². The maximum Gasteiger partial charge on any atom is 0.214 e. The van der Waals surface area contributed by atoms with Gasteiger partial charge in [0.25, 0.3) is 0 Å². The maximum absolute atomic E-state index is 12.0. The molecule has 2 rings (SSSR count). The normalized spacial score (nSPS) is 25.4. The first-order valence-corrected chi connectivity index (χ1v) is 8.54. The molecule has 0 saturated carbocycles. The maximum atomic E-state index is 12.0. The topological polar surface area (TPSA) is 49.9 Å². The van der Waals surface area contributed by atoms with Gasteiger partial charge in [-0.15, -0.1) is 0 Å². The van der Waals surface area contributed by atoms with Crippen LogP contribution in [0, 0.1) is 0 Å². The van der Waals surface area contributed by atoms with E-state index >= 15 is 0 Å². The summed E-state index contributed by atoms with van der Waals surface area (Å²) in [6.45, 7) is 6.65. The van der Waals surface area contributed by atoms with E-state index in [2.05, 4.69) is 4.90 Å². The van der Waals surface area contributed by atoms with Crippen LogP contribution < -0.4 is 0 Å². The highest BCUT2D eigenvalue weighted by atomic mass is 32.2. The van der Waals surface area contributed by atoms with Crippen LogP contribution in [-0.4, -0.2) is 68.8 Å². The van der Waals surface area contributed by atoms with Crippen molar-refractivity contribution in [1.29, 1.82) is 0 Å². The van der Waals surface area contributed by atoms with Gasteiger partial charge in [-0.1, -0.05) is 6.92 Å². The molecule has 2 aliphatic rings. The Hall–Kier alpha value is -0.170. The first kappa shape index (κ1) is 14.2. The third-order valence-corrected chi connectivity index (χ3v) is 5.91. The Kier molecular flexibility index (Phi) is 5.00. The van der Waals surface area contributed by atoms with Crippen molar-refractivity contribution in [2.24, 2.45) is 0 Å². The van der Waals surface area contributed by atoms with Crippen molar-refractivity contribution in [1.82, 2.24) is 9.21 Å². The molecule has 0 atom stereocenters. The van der Waals surface area contributed by atoms with Crippen LogP contribution in [0.5, 0.6) is 0 Å². The zero-order chi connectivity index (χ0) is 13.0. The molecule has 0 unspecified atom stereocenters. The quantitative estimate of drug-likeness (QED) is 0.751. The molecule has 0 amide bonds. The van der Waals surface area contributed by atoms with E-state index < -0.39 is 10.0 Å². The predicted molar refractivity (Wildman–Crippen MR) is 71.1 cm³/mol. The molecule has 106 valence electrons. The van der Waals surface area contributed by atoms with E-state index in [1.807, 2.05) is 6.92 Å². The molecule has 6 heteroatoms. The monoisotopic (exact) mass is 276 g/mol. The van der Waals surface area contributed by atoms with Crippen molar-refractivity contribution >= 4 is 10.0 Å². The van der Waals surface area contributed by atoms with Gasteiger partial charge >= 0.3 is 0 Å². The number of ether oxygens (including phenoxy) is 1. The Bertz CT molecular complexity index is 344. The molecule has 5 nitrogen and oxygen atoms in total. The molecule has 2 heterocycles. The molecule has 0 N–H and O–H groups in total. The van der Waals surface area contributed by atoms with Gasteiger partial charge in [-0.2, -0.15) is 4.31 Å². The molecule has 18 heavy (non-hydrogen) atoms. The molecule has 0 aromatic heterocycles. The van der Waals surface area contributed by atoms with Gasteiger partial charge in [-0.25, -0.2) is 8.42 Å². The average molecular weight is 276 g/mol. The van der Waals surface area contributed by atoms with Crippen molar-refractivity contribution in [3.63, 3.8) is 0 Å². The van der Waals surface area contributed by atoms with Crippen molar-refractivity contribution in [2.45, 2.75) is 32.2 Å². The van der Waals surface area contributed by atoms with Crippen LogP contribution in [0.3, 0.4) is 0 Å². The summed E-state index contributed by atoms with van der Waals surface area (Å²) in [4.78, 5) is 2.43. The molecule has 0 aliphatic carbocycles. The molecule has 0 radical (unpaired) electrons.